The van der Waals surface area contributed by atoms with Gasteiger partial charge >= 0.3 is 0 Å². The highest BCUT2D eigenvalue weighted by Crippen LogP contribution is 1.92. The van der Waals surface area contributed by atoms with Crippen LogP contribution in [0.25, 0.3) is 0 Å². The van der Waals surface area contributed by atoms with Crippen molar-refractivity contribution in [1.82, 2.24) is 20.5 Å². The Morgan fingerprint density at radius 2 is 1.95 bits per heavy atom. The molecule has 2 N–H and O–H groups in total. The van der Waals surface area contributed by atoms with Gasteiger partial charge in [0.05, 0.1) is 12.2 Å². The maximum atomic E-state index is 11.6. The Morgan fingerprint density at radius 1 is 1.20 bits per heavy atom. The van der Waals surface area contributed by atoms with Gasteiger partial charge < -0.3 is 15.5 Å². The van der Waals surface area contributed by atoms with Crippen molar-refractivity contribution in [3.8, 4) is 0 Å². The van der Waals surface area contributed by atoms with Gasteiger partial charge in [0, 0.05) is 12.7 Å². The van der Waals surface area contributed by atoms with E-state index in [9.17, 15) is 9.59 Å². The van der Waals surface area contributed by atoms with E-state index in [0.29, 0.717) is 13.1 Å². The highest BCUT2D eigenvalue weighted by atomic mass is 16.2. The number of nitrogens with one attached hydrogen (secondary N) is 2. The van der Waals surface area contributed by atoms with Gasteiger partial charge in [0.1, 0.15) is 6.42 Å². The summed E-state index contributed by atoms with van der Waals surface area (Å²) < 4.78 is 0. The number of pyridine rings is 1. The van der Waals surface area contributed by atoms with Crippen LogP contribution in [0, 0.1) is 0 Å². The number of amides is 2. The van der Waals surface area contributed by atoms with Gasteiger partial charge in [-0.05, 0) is 39.2 Å². The fourth-order valence-electron chi connectivity index (χ4n) is 1.59. The average Bonchev–Trinajstić information content (AvgIpc) is 2.42. The van der Waals surface area contributed by atoms with Gasteiger partial charge in [-0.15, -0.1) is 0 Å². The molecular weight excluding hydrogens is 256 g/mol. The van der Waals surface area contributed by atoms with E-state index in [0.717, 1.165) is 18.7 Å². The van der Waals surface area contributed by atoms with Crippen molar-refractivity contribution in [2.75, 3.05) is 27.2 Å². The molecule has 6 heteroatoms. The fourth-order valence-corrected chi connectivity index (χ4v) is 1.59. The van der Waals surface area contributed by atoms with Crippen LogP contribution in [0.15, 0.2) is 24.4 Å². The number of hydrogen-bond acceptors (Lipinski definition) is 4. The summed E-state index contributed by atoms with van der Waals surface area (Å²) in [5, 5.41) is 5.39. The second kappa shape index (κ2) is 9.03. The summed E-state index contributed by atoms with van der Waals surface area (Å²) in [5.41, 5.74) is 0.771. The zero-order valence-electron chi connectivity index (χ0n) is 12.1. The normalized spacial score (nSPS) is 10.3. The second-order valence-electron chi connectivity index (χ2n) is 4.78. The number of hydrogen-bond donors (Lipinski definition) is 2. The van der Waals surface area contributed by atoms with Crippen molar-refractivity contribution in [3.05, 3.63) is 30.1 Å². The summed E-state index contributed by atoms with van der Waals surface area (Å²) in [6.07, 6.45) is 2.39. The van der Waals surface area contributed by atoms with E-state index in [-0.39, 0.29) is 18.2 Å². The number of carbonyl (C=O) groups excluding carboxylic acids is 2. The van der Waals surface area contributed by atoms with Gasteiger partial charge in [-0.25, -0.2) is 0 Å². The van der Waals surface area contributed by atoms with E-state index in [4.69, 9.17) is 0 Å². The lowest BCUT2D eigenvalue weighted by Crippen LogP contribution is -2.33. The van der Waals surface area contributed by atoms with Crippen LogP contribution in [0.5, 0.6) is 0 Å². The molecule has 0 aliphatic carbocycles. The summed E-state index contributed by atoms with van der Waals surface area (Å²) in [4.78, 5) is 29.2. The SMILES string of the molecule is CN(C)CCCNC(=O)CC(=O)NCc1ccccn1. The Hall–Kier alpha value is -1.95. The van der Waals surface area contributed by atoms with Crippen LogP contribution < -0.4 is 10.6 Å². The van der Waals surface area contributed by atoms with E-state index in [1.165, 1.54) is 0 Å². The van der Waals surface area contributed by atoms with Gasteiger partial charge in [0.2, 0.25) is 11.8 Å². The Balaban J connectivity index is 2.13. The van der Waals surface area contributed by atoms with Gasteiger partial charge in [0.25, 0.3) is 0 Å². The van der Waals surface area contributed by atoms with E-state index >= 15 is 0 Å². The molecule has 0 saturated carbocycles. The highest BCUT2D eigenvalue weighted by Gasteiger charge is 2.08. The van der Waals surface area contributed by atoms with Crippen LogP contribution in [0.3, 0.4) is 0 Å². The number of aromatic nitrogens is 1. The van der Waals surface area contributed by atoms with Crippen molar-refractivity contribution in [2.24, 2.45) is 0 Å². The number of carbonyl (C=O) groups is 2. The topological polar surface area (TPSA) is 74.3 Å². The van der Waals surface area contributed by atoms with Gasteiger partial charge in [-0.3, -0.25) is 14.6 Å². The quantitative estimate of drug-likeness (QED) is 0.524. The van der Waals surface area contributed by atoms with E-state index in [1.54, 1.807) is 6.20 Å². The first kappa shape index (κ1) is 16.1. The first-order valence-electron chi connectivity index (χ1n) is 6.66. The molecule has 0 radical (unpaired) electrons. The van der Waals surface area contributed by atoms with Gasteiger partial charge in [-0.2, -0.15) is 0 Å². The molecule has 0 spiro atoms. The highest BCUT2D eigenvalue weighted by molar-refractivity contribution is 5.96. The second-order valence-corrected chi connectivity index (χ2v) is 4.78. The molecular formula is C14H22N4O2. The summed E-state index contributed by atoms with van der Waals surface area (Å²) in [6.45, 7) is 1.84. The monoisotopic (exact) mass is 278 g/mol. The summed E-state index contributed by atoms with van der Waals surface area (Å²) in [5.74, 6) is -0.539. The molecule has 0 fully saturated rings. The maximum Gasteiger partial charge on any atom is 0.229 e. The molecule has 0 aromatic carbocycles. The lowest BCUT2D eigenvalue weighted by Gasteiger charge is -2.10. The summed E-state index contributed by atoms with van der Waals surface area (Å²) in [6, 6.07) is 5.49. The zero-order chi connectivity index (χ0) is 14.8. The van der Waals surface area contributed by atoms with Crippen LogP contribution in [0.2, 0.25) is 0 Å². The third-order valence-corrected chi connectivity index (χ3v) is 2.62. The largest absolute Gasteiger partial charge is 0.356 e. The van der Waals surface area contributed by atoms with Crippen molar-refractivity contribution in [2.45, 2.75) is 19.4 Å². The van der Waals surface area contributed by atoms with Crippen LogP contribution in [-0.2, 0) is 16.1 Å². The third-order valence-electron chi connectivity index (χ3n) is 2.62. The number of nitrogens with zero attached hydrogens (tertiary/aromatic N) is 2. The van der Waals surface area contributed by atoms with Crippen LogP contribution in [0.1, 0.15) is 18.5 Å². The lowest BCUT2D eigenvalue weighted by molar-refractivity contribution is -0.129. The maximum absolute atomic E-state index is 11.6. The molecule has 0 saturated heterocycles. The molecule has 1 aromatic heterocycles. The number of rotatable bonds is 8. The Morgan fingerprint density at radius 3 is 2.60 bits per heavy atom. The minimum absolute atomic E-state index is 0.144. The van der Waals surface area contributed by atoms with Crippen molar-refractivity contribution < 1.29 is 9.59 Å². The van der Waals surface area contributed by atoms with Gasteiger partial charge in [-0.1, -0.05) is 6.07 Å². The van der Waals surface area contributed by atoms with Crippen molar-refractivity contribution in [3.63, 3.8) is 0 Å². The standard InChI is InChI=1S/C14H22N4O2/c1-18(2)9-5-8-16-13(19)10-14(20)17-11-12-6-3-4-7-15-12/h3-4,6-7H,5,8-11H2,1-2H3,(H,16,19)(H,17,20). The van der Waals surface area contributed by atoms with E-state index < -0.39 is 0 Å². The summed E-state index contributed by atoms with van der Waals surface area (Å²) in [7, 11) is 3.96. The third kappa shape index (κ3) is 7.48. The Labute approximate surface area is 119 Å². The molecule has 0 atom stereocenters. The average molecular weight is 278 g/mol. The van der Waals surface area contributed by atoms with Crippen LogP contribution >= 0.6 is 0 Å². The van der Waals surface area contributed by atoms with Gasteiger partial charge in [0.15, 0.2) is 0 Å². The molecule has 20 heavy (non-hydrogen) atoms. The molecule has 1 rings (SSSR count). The van der Waals surface area contributed by atoms with Crippen LogP contribution in [-0.4, -0.2) is 48.9 Å². The summed E-state index contributed by atoms with van der Waals surface area (Å²) >= 11 is 0. The minimum Gasteiger partial charge on any atom is -0.356 e. The molecule has 1 aromatic rings. The predicted octanol–water partition coefficient (Wildman–Crippen LogP) is 0.156. The lowest BCUT2D eigenvalue weighted by atomic mass is 10.3. The predicted molar refractivity (Wildman–Crippen MR) is 76.9 cm³/mol. The van der Waals surface area contributed by atoms with Crippen molar-refractivity contribution in [1.29, 1.82) is 0 Å². The molecule has 110 valence electrons. The van der Waals surface area contributed by atoms with E-state index in [2.05, 4.69) is 15.6 Å². The molecule has 0 unspecified atom stereocenters. The molecule has 2 amide bonds. The molecule has 0 aliphatic heterocycles. The first-order valence-corrected chi connectivity index (χ1v) is 6.66. The van der Waals surface area contributed by atoms with Crippen LogP contribution in [0.4, 0.5) is 0 Å². The fraction of sp³-hybridized carbons (Fsp3) is 0.500. The zero-order valence-corrected chi connectivity index (χ0v) is 12.1. The first-order chi connectivity index (χ1) is 9.58. The smallest absolute Gasteiger partial charge is 0.229 e. The van der Waals surface area contributed by atoms with Crippen molar-refractivity contribution >= 4 is 11.8 Å². The molecule has 0 bridgehead atoms. The molecule has 0 aliphatic rings. The molecule has 6 nitrogen and oxygen atoms in total. The Bertz CT molecular complexity index is 420. The van der Waals surface area contributed by atoms with E-state index in [1.807, 2.05) is 37.2 Å². The Kier molecular flexibility index (Phi) is 7.27. The minimum atomic E-state index is -0.291. The molecule has 1 heterocycles.